The highest BCUT2D eigenvalue weighted by Gasteiger charge is 2.49. The molecule has 1 aliphatic carbocycles. The summed E-state index contributed by atoms with van der Waals surface area (Å²) in [4.78, 5) is 5.25. The van der Waals surface area contributed by atoms with E-state index in [-0.39, 0.29) is 28.4 Å². The van der Waals surface area contributed by atoms with Crippen LogP contribution in [0.4, 0.5) is 28.4 Å². The third kappa shape index (κ3) is 7.47. The first-order valence-corrected chi connectivity index (χ1v) is 23.8. The predicted octanol–water partition coefficient (Wildman–Crippen LogP) is 15.7. The number of allylic oxidation sites excluding steroid dienone is 3. The third-order valence-electron chi connectivity index (χ3n) is 14.5. The lowest BCUT2D eigenvalue weighted by Crippen LogP contribution is -2.58. The lowest BCUT2D eigenvalue weighted by atomic mass is 9.30. The van der Waals surface area contributed by atoms with Crippen LogP contribution < -0.4 is 20.7 Å². The lowest BCUT2D eigenvalue weighted by molar-refractivity contribution is 0.240. The number of hydrogen-bond donors (Lipinski definition) is 0. The number of fused-ring (bicyclic) bond motifs is 3. The van der Waals surface area contributed by atoms with E-state index in [1.54, 1.807) is 0 Å². The molecule has 326 valence electrons. The minimum atomic E-state index is -0.0211. The molecule has 0 spiro atoms. The van der Waals surface area contributed by atoms with Crippen molar-refractivity contribution in [2.24, 2.45) is 17.3 Å². The van der Waals surface area contributed by atoms with Gasteiger partial charge in [0.2, 0.25) is 6.71 Å². The van der Waals surface area contributed by atoms with Crippen molar-refractivity contribution in [3.63, 3.8) is 0 Å². The van der Waals surface area contributed by atoms with Crippen molar-refractivity contribution in [3.05, 3.63) is 172 Å². The van der Waals surface area contributed by atoms with Gasteiger partial charge in [0.05, 0.1) is 11.4 Å². The molecule has 0 aromatic heterocycles. The van der Waals surface area contributed by atoms with Gasteiger partial charge in [0, 0.05) is 33.9 Å². The number of rotatable bonds is 4. The van der Waals surface area contributed by atoms with Gasteiger partial charge in [-0.1, -0.05) is 192 Å². The van der Waals surface area contributed by atoms with Crippen LogP contribution in [0.1, 0.15) is 118 Å². The molecule has 2 atom stereocenters. The van der Waals surface area contributed by atoms with E-state index in [2.05, 4.69) is 247 Å². The first-order chi connectivity index (χ1) is 30.0. The average Bonchev–Trinajstić information content (AvgIpc) is 3.22. The maximum absolute atomic E-state index is 2.64. The van der Waals surface area contributed by atoms with Crippen LogP contribution in [0.2, 0.25) is 0 Å². The Labute approximate surface area is 386 Å². The standard InChI is InChI=1S/C61H69BN2/c1-38-19-31-50(46(35-38)41-21-25-43(26-22-41)58(4,5)6)63-52-33-29-45(60(10,11)12)37-49(52)62-56-40(3)48(61(13,14)15)30-34-55(56)64(54-18-16-17-53(63)57(54)62)51-32-20-39(2)36-47(51)42-23-27-44(28-24-42)59(7,8)9/h16-37,40,48H,1-15H3. The van der Waals surface area contributed by atoms with Gasteiger partial charge in [-0.2, -0.15) is 0 Å². The molecule has 0 amide bonds. The summed E-state index contributed by atoms with van der Waals surface area (Å²) in [5, 5.41) is 0. The quantitative estimate of drug-likeness (QED) is 0.163. The van der Waals surface area contributed by atoms with Gasteiger partial charge in [-0.15, -0.1) is 0 Å². The van der Waals surface area contributed by atoms with Gasteiger partial charge in [0.25, 0.3) is 0 Å². The number of hydrogen-bond acceptors (Lipinski definition) is 2. The van der Waals surface area contributed by atoms with E-state index in [1.807, 2.05) is 0 Å². The van der Waals surface area contributed by atoms with Crippen LogP contribution in [0.25, 0.3) is 22.3 Å². The van der Waals surface area contributed by atoms with E-state index in [1.165, 1.54) is 101 Å². The van der Waals surface area contributed by atoms with Crippen LogP contribution >= 0.6 is 0 Å². The summed E-state index contributed by atoms with van der Waals surface area (Å²) >= 11 is 0. The topological polar surface area (TPSA) is 6.48 Å². The second-order valence-corrected chi connectivity index (χ2v) is 23.4. The van der Waals surface area contributed by atoms with E-state index < -0.39 is 0 Å². The Morgan fingerprint density at radius 3 is 1.41 bits per heavy atom. The average molecular weight is 841 g/mol. The van der Waals surface area contributed by atoms with Crippen molar-refractivity contribution >= 4 is 46.1 Å². The number of aryl methyl sites for hydroxylation is 2. The van der Waals surface area contributed by atoms with Crippen LogP contribution in [0.15, 0.2) is 145 Å². The fraction of sp³-hybridized carbons (Fsp3) is 0.344. The van der Waals surface area contributed by atoms with Gasteiger partial charge in [-0.05, 0) is 135 Å². The van der Waals surface area contributed by atoms with Crippen molar-refractivity contribution in [1.29, 1.82) is 0 Å². The van der Waals surface area contributed by atoms with Crippen molar-refractivity contribution in [2.45, 2.75) is 120 Å². The second kappa shape index (κ2) is 15.3. The van der Waals surface area contributed by atoms with E-state index in [0.717, 1.165) is 0 Å². The molecule has 2 heterocycles. The molecule has 6 aromatic rings. The van der Waals surface area contributed by atoms with E-state index in [9.17, 15) is 0 Å². The Hall–Kier alpha value is -5.54. The number of anilines is 5. The van der Waals surface area contributed by atoms with E-state index in [0.29, 0.717) is 11.8 Å². The molecule has 9 rings (SSSR count). The van der Waals surface area contributed by atoms with Crippen LogP contribution in [-0.4, -0.2) is 6.71 Å². The minimum Gasteiger partial charge on any atom is -0.311 e. The molecule has 0 fully saturated rings. The molecule has 0 saturated carbocycles. The fourth-order valence-electron chi connectivity index (χ4n) is 10.9. The predicted molar refractivity (Wildman–Crippen MR) is 279 cm³/mol. The molecule has 2 nitrogen and oxygen atoms in total. The van der Waals surface area contributed by atoms with Crippen molar-refractivity contribution in [1.82, 2.24) is 0 Å². The first-order valence-electron chi connectivity index (χ1n) is 23.8. The number of benzene rings is 6. The molecule has 0 saturated heterocycles. The smallest absolute Gasteiger partial charge is 0.247 e. The maximum Gasteiger partial charge on any atom is 0.247 e. The Bertz CT molecular complexity index is 2840. The summed E-state index contributed by atoms with van der Waals surface area (Å²) in [7, 11) is 0. The van der Waals surface area contributed by atoms with E-state index in [4.69, 9.17) is 0 Å². The third-order valence-corrected chi connectivity index (χ3v) is 14.5. The van der Waals surface area contributed by atoms with Crippen molar-refractivity contribution < 1.29 is 0 Å². The SMILES string of the molecule is Cc1ccc(N2C3=C(B4c5cc(C(C)(C)C)ccc5N(c5ccc(C)cc5-c5ccc(C(C)(C)C)cc5)c5cccc2c54)C(C)C(C(C)(C)C)C=C3)c(-c2ccc(C(C)(C)C)cc2)c1. The molecular formula is C61H69BN2. The highest BCUT2D eigenvalue weighted by molar-refractivity contribution is 6.95. The summed E-state index contributed by atoms with van der Waals surface area (Å²) < 4.78 is 0. The largest absolute Gasteiger partial charge is 0.311 e. The van der Waals surface area contributed by atoms with Gasteiger partial charge in [-0.25, -0.2) is 0 Å². The van der Waals surface area contributed by atoms with Gasteiger partial charge >= 0.3 is 0 Å². The molecule has 3 aliphatic rings. The van der Waals surface area contributed by atoms with Gasteiger partial charge in [-0.3, -0.25) is 0 Å². The Kier molecular flexibility index (Phi) is 10.4. The zero-order valence-electron chi connectivity index (χ0n) is 41.3. The summed E-state index contributed by atoms with van der Waals surface area (Å²) in [6.07, 6.45) is 5.02. The minimum absolute atomic E-state index is 0.0211. The highest BCUT2D eigenvalue weighted by Crippen LogP contribution is 2.53. The van der Waals surface area contributed by atoms with Crippen molar-refractivity contribution in [2.75, 3.05) is 9.80 Å². The summed E-state index contributed by atoms with van der Waals surface area (Å²) in [5.41, 5.74) is 23.6. The molecule has 0 bridgehead atoms. The fourth-order valence-corrected chi connectivity index (χ4v) is 10.9. The van der Waals surface area contributed by atoms with Gasteiger partial charge in [0.15, 0.2) is 0 Å². The molecule has 2 unspecified atom stereocenters. The monoisotopic (exact) mass is 841 g/mol. The molecule has 6 aromatic carbocycles. The molecular weight excluding hydrogens is 771 g/mol. The normalized spacial score (nSPS) is 17.4. The van der Waals surface area contributed by atoms with Crippen LogP contribution in [0, 0.1) is 31.1 Å². The highest BCUT2D eigenvalue weighted by atomic mass is 15.2. The summed E-state index contributed by atoms with van der Waals surface area (Å²) in [6, 6.07) is 47.3. The van der Waals surface area contributed by atoms with Crippen molar-refractivity contribution in [3.8, 4) is 22.3 Å². The van der Waals surface area contributed by atoms with Crippen LogP contribution in [0.3, 0.4) is 0 Å². The zero-order valence-corrected chi connectivity index (χ0v) is 41.3. The summed E-state index contributed by atoms with van der Waals surface area (Å²) in [5.74, 6) is 0.666. The number of nitrogens with zero attached hydrogens (tertiary/aromatic N) is 2. The summed E-state index contributed by atoms with van der Waals surface area (Å²) in [6.45, 7) is 35.2. The Morgan fingerprint density at radius 2 is 0.922 bits per heavy atom. The molecule has 64 heavy (non-hydrogen) atoms. The molecule has 0 radical (unpaired) electrons. The van der Waals surface area contributed by atoms with Crippen LogP contribution in [0.5, 0.6) is 0 Å². The molecule has 3 heteroatoms. The Morgan fingerprint density at radius 1 is 0.469 bits per heavy atom. The second-order valence-electron chi connectivity index (χ2n) is 23.4. The first kappa shape index (κ1) is 43.7. The molecule has 2 aliphatic heterocycles. The maximum atomic E-state index is 2.64. The Balaban J connectivity index is 1.36. The van der Waals surface area contributed by atoms with E-state index >= 15 is 0 Å². The van der Waals surface area contributed by atoms with Gasteiger partial charge in [0.1, 0.15) is 0 Å². The zero-order chi connectivity index (χ0) is 45.8. The lowest BCUT2D eigenvalue weighted by Gasteiger charge is -2.49. The molecule has 0 N–H and O–H groups in total. The van der Waals surface area contributed by atoms with Gasteiger partial charge < -0.3 is 9.80 Å². The van der Waals surface area contributed by atoms with Crippen LogP contribution in [-0.2, 0) is 16.2 Å².